The van der Waals surface area contributed by atoms with Crippen LogP contribution in [0.25, 0.3) is 0 Å². The van der Waals surface area contributed by atoms with E-state index in [9.17, 15) is 0 Å². The van der Waals surface area contributed by atoms with Crippen LogP contribution in [0.2, 0.25) is 0 Å². The summed E-state index contributed by atoms with van der Waals surface area (Å²) in [4.78, 5) is 4.03. The Labute approximate surface area is 212 Å². The van der Waals surface area contributed by atoms with Crippen molar-refractivity contribution in [1.29, 1.82) is 5.26 Å². The third-order valence-corrected chi connectivity index (χ3v) is 8.95. The van der Waals surface area contributed by atoms with Gasteiger partial charge in [-0.05, 0) is 74.7 Å². The van der Waals surface area contributed by atoms with Crippen LogP contribution in [0.4, 0.5) is 0 Å². The van der Waals surface area contributed by atoms with E-state index in [0.717, 1.165) is 25.7 Å². The van der Waals surface area contributed by atoms with Crippen molar-refractivity contribution < 1.29 is 18.1 Å². The first-order chi connectivity index (χ1) is 16.2. The van der Waals surface area contributed by atoms with Gasteiger partial charge < -0.3 is 23.1 Å². The molecule has 200 valence electrons. The van der Waals surface area contributed by atoms with Crippen molar-refractivity contribution in [1.82, 2.24) is 9.34 Å². The van der Waals surface area contributed by atoms with E-state index in [4.69, 9.17) is 23.4 Å². The van der Waals surface area contributed by atoms with Crippen molar-refractivity contribution in [2.45, 2.75) is 112 Å². The molecule has 2 unspecified atom stereocenters. The molecule has 0 aromatic heterocycles. The molecule has 8 nitrogen and oxygen atoms in total. The first kappa shape index (κ1) is 33.8. The molecule has 0 fully saturated rings. The molecule has 0 bridgehead atoms. The Balaban J connectivity index is 4.58. The first-order valence-electron chi connectivity index (χ1n) is 12.6. The smallest absolute Gasteiger partial charge is 0.259 e. The zero-order valence-corrected chi connectivity index (χ0v) is 24.9. The van der Waals surface area contributed by atoms with Crippen LogP contribution in [0.3, 0.4) is 0 Å². The molecule has 10 heteroatoms. The van der Waals surface area contributed by atoms with E-state index in [0.29, 0.717) is 57.0 Å². The molecule has 0 N–H and O–H groups in total. The fraction of sp³-hybridized carbons (Fsp3) is 0.917. The summed E-state index contributed by atoms with van der Waals surface area (Å²) < 4.78 is 29.0. The van der Waals surface area contributed by atoms with Crippen LogP contribution in [0.15, 0.2) is 4.99 Å². The number of hydrogen-bond donors (Lipinski definition) is 0. The number of aliphatic imine (C=N–C) groups is 1. The highest BCUT2D eigenvalue weighted by Gasteiger charge is 2.28. The molecule has 0 spiro atoms. The predicted molar refractivity (Wildman–Crippen MR) is 145 cm³/mol. The van der Waals surface area contributed by atoms with Gasteiger partial charge in [0.25, 0.3) is 17.1 Å². The van der Waals surface area contributed by atoms with Gasteiger partial charge in [-0.1, -0.05) is 0 Å². The van der Waals surface area contributed by atoms with E-state index in [1.807, 2.05) is 6.21 Å². The Morgan fingerprint density at radius 3 is 1.50 bits per heavy atom. The minimum absolute atomic E-state index is 0.314. The van der Waals surface area contributed by atoms with Crippen molar-refractivity contribution in [2.75, 3.05) is 33.5 Å². The molecular formula is C24H50N4O4P2. The molecule has 0 rings (SSSR count). The second kappa shape index (κ2) is 20.9. The molecule has 34 heavy (non-hydrogen) atoms. The highest BCUT2D eigenvalue weighted by molar-refractivity contribution is 7.44. The number of unbranched alkanes of at least 4 members (excludes halogenated alkanes) is 2. The fourth-order valence-corrected chi connectivity index (χ4v) is 6.71. The van der Waals surface area contributed by atoms with Crippen LogP contribution in [0.5, 0.6) is 0 Å². The molecule has 0 saturated heterocycles. The van der Waals surface area contributed by atoms with Gasteiger partial charge >= 0.3 is 0 Å². The van der Waals surface area contributed by atoms with Gasteiger partial charge in [-0.25, -0.2) is 9.34 Å². The second-order valence-electron chi connectivity index (χ2n) is 9.14. The predicted octanol–water partition coefficient (Wildman–Crippen LogP) is 6.92. The van der Waals surface area contributed by atoms with Crippen LogP contribution in [0, 0.1) is 11.3 Å². The van der Waals surface area contributed by atoms with Gasteiger partial charge in [0.15, 0.2) is 0 Å². The van der Waals surface area contributed by atoms with Gasteiger partial charge in [0.1, 0.15) is 0 Å². The molecule has 0 heterocycles. The average molecular weight is 521 g/mol. The highest BCUT2D eigenvalue weighted by atomic mass is 31.2. The summed E-state index contributed by atoms with van der Waals surface area (Å²) in [5, 5.41) is 8.83. The topological polar surface area (TPSA) is 79.5 Å². The maximum atomic E-state index is 8.83. The Morgan fingerprint density at radius 2 is 1.12 bits per heavy atom. The van der Waals surface area contributed by atoms with Crippen LogP contribution in [-0.2, 0) is 18.1 Å². The molecule has 2 atom stereocenters. The van der Waals surface area contributed by atoms with E-state index >= 15 is 0 Å². The summed E-state index contributed by atoms with van der Waals surface area (Å²) in [5.74, 6) is 0. The lowest BCUT2D eigenvalue weighted by Crippen LogP contribution is -2.33. The summed E-state index contributed by atoms with van der Waals surface area (Å²) >= 11 is 0. The van der Waals surface area contributed by atoms with Crippen molar-refractivity contribution in [3.05, 3.63) is 0 Å². The quantitative estimate of drug-likeness (QED) is 0.0923. The summed E-state index contributed by atoms with van der Waals surface area (Å²) in [6, 6.07) is 3.47. The molecule has 0 aliphatic carbocycles. The normalized spacial score (nSPS) is 14.4. The monoisotopic (exact) mass is 520 g/mol. The van der Waals surface area contributed by atoms with E-state index in [1.54, 1.807) is 7.05 Å². The number of nitrogens with zero attached hydrogens (tertiary/aromatic N) is 4. The van der Waals surface area contributed by atoms with Gasteiger partial charge in [-0.15, -0.1) is 0 Å². The number of rotatable bonds is 21. The number of hydrogen-bond acceptors (Lipinski definition) is 8. The zero-order chi connectivity index (χ0) is 25.9. The number of nitriles is 1. The maximum absolute atomic E-state index is 8.83. The van der Waals surface area contributed by atoms with Gasteiger partial charge in [-0.2, -0.15) is 5.26 Å². The molecule has 0 aromatic rings. The molecule has 0 aliphatic rings. The lowest BCUT2D eigenvalue weighted by atomic mass is 10.2. The van der Waals surface area contributed by atoms with Crippen LogP contribution in [0.1, 0.15) is 87.5 Å². The van der Waals surface area contributed by atoms with Crippen LogP contribution in [-0.4, -0.2) is 73.2 Å². The third kappa shape index (κ3) is 15.0. The van der Waals surface area contributed by atoms with Gasteiger partial charge in [-0.3, -0.25) is 0 Å². The molecule has 0 saturated carbocycles. The third-order valence-electron chi connectivity index (χ3n) is 4.73. The largest absolute Gasteiger partial charge is 0.322 e. The van der Waals surface area contributed by atoms with E-state index < -0.39 is 17.1 Å². The Morgan fingerprint density at radius 1 is 0.706 bits per heavy atom. The fourth-order valence-electron chi connectivity index (χ4n) is 3.44. The molecular weight excluding hydrogens is 470 g/mol. The van der Waals surface area contributed by atoms with Crippen molar-refractivity contribution in [3.8, 4) is 6.07 Å². The van der Waals surface area contributed by atoms with Crippen molar-refractivity contribution in [2.24, 2.45) is 4.99 Å². The van der Waals surface area contributed by atoms with Gasteiger partial charge in [0.05, 0.1) is 38.9 Å². The zero-order valence-electron chi connectivity index (χ0n) is 23.1. The van der Waals surface area contributed by atoms with Crippen molar-refractivity contribution >= 4 is 23.3 Å². The van der Waals surface area contributed by atoms with Gasteiger partial charge in [0, 0.05) is 43.9 Å². The minimum atomic E-state index is -1.17. The summed E-state index contributed by atoms with van der Waals surface area (Å²) in [6.45, 7) is 19.7. The average Bonchev–Trinajstić information content (AvgIpc) is 2.74. The van der Waals surface area contributed by atoms with Gasteiger partial charge in [0.2, 0.25) is 0 Å². The summed E-state index contributed by atoms with van der Waals surface area (Å²) in [5.41, 5.74) is 0. The maximum Gasteiger partial charge on any atom is 0.259 e. The first-order valence-corrected chi connectivity index (χ1v) is 14.9. The lowest BCUT2D eigenvalue weighted by Gasteiger charge is -2.35. The molecule has 0 aliphatic heterocycles. The second-order valence-corrected chi connectivity index (χ2v) is 12.0. The molecule has 0 aromatic carbocycles. The Kier molecular flexibility index (Phi) is 20.8. The lowest BCUT2D eigenvalue weighted by molar-refractivity contribution is 0.168. The summed E-state index contributed by atoms with van der Waals surface area (Å²) in [6.07, 6.45) is 5.96. The van der Waals surface area contributed by atoms with E-state index in [1.165, 1.54) is 0 Å². The van der Waals surface area contributed by atoms with E-state index in [2.05, 4.69) is 75.8 Å². The SMILES string of the molecule is CN=CCCOP(OCCCCCOP(OCCC#N)N(C(C)C)C(C)C)N(C(C)C)C(C)C. The van der Waals surface area contributed by atoms with Crippen LogP contribution < -0.4 is 0 Å². The summed E-state index contributed by atoms with van der Waals surface area (Å²) in [7, 11) is -0.482. The Bertz CT molecular complexity index is 544. The molecule has 0 amide bonds. The molecule has 0 radical (unpaired) electrons. The minimum Gasteiger partial charge on any atom is -0.322 e. The Hall–Kier alpha value is -0.220. The van der Waals surface area contributed by atoms with Crippen LogP contribution >= 0.6 is 17.1 Å². The van der Waals surface area contributed by atoms with E-state index in [-0.39, 0.29) is 0 Å². The van der Waals surface area contributed by atoms with Crippen molar-refractivity contribution in [3.63, 3.8) is 0 Å². The standard InChI is InChI=1S/C24H50N4O4P2/c1-21(2)27(22(3)4)33(31-19-13-15-25)29-17-11-10-12-18-30-34(32-20-14-16-26-9)28(23(5)6)24(7)8/h16,21-24H,10-14,17-20H2,1-9H3. The highest BCUT2D eigenvalue weighted by Crippen LogP contribution is 2.47.